The Morgan fingerprint density at radius 3 is 1.36 bits per heavy atom. The highest BCUT2D eigenvalue weighted by molar-refractivity contribution is 7.47. The molecule has 0 heterocycles. The first-order valence-electron chi connectivity index (χ1n) is 23.8. The SMILES string of the molecule is CCCCC/C=C\C/C=C\CCCCCCCCCCCC(=O)OC(COC(=O)CCCCCCCCCCCCCCCCCC)COP(=O)(O)OCC(O)CO. The van der Waals surface area contributed by atoms with E-state index >= 15 is 0 Å². The number of aliphatic hydroxyl groups is 2. The lowest BCUT2D eigenvalue weighted by atomic mass is 10.0. The van der Waals surface area contributed by atoms with Crippen molar-refractivity contribution in [1.29, 1.82) is 0 Å². The van der Waals surface area contributed by atoms with Gasteiger partial charge < -0.3 is 24.6 Å². The minimum absolute atomic E-state index is 0.182. The van der Waals surface area contributed by atoms with Gasteiger partial charge in [-0.2, -0.15) is 0 Å². The maximum Gasteiger partial charge on any atom is 0.472 e. The van der Waals surface area contributed by atoms with Crippen molar-refractivity contribution in [2.24, 2.45) is 0 Å². The average molecular weight is 845 g/mol. The number of esters is 2. The second kappa shape index (κ2) is 43.5. The van der Waals surface area contributed by atoms with Gasteiger partial charge in [0.25, 0.3) is 0 Å². The largest absolute Gasteiger partial charge is 0.472 e. The fourth-order valence-electron chi connectivity index (χ4n) is 6.67. The highest BCUT2D eigenvalue weighted by atomic mass is 31.2. The molecule has 0 aromatic heterocycles. The zero-order valence-corrected chi connectivity index (χ0v) is 38.2. The molecule has 3 atom stereocenters. The van der Waals surface area contributed by atoms with Crippen molar-refractivity contribution < 1.29 is 47.8 Å². The van der Waals surface area contributed by atoms with E-state index in [1.54, 1.807) is 0 Å². The molecule has 0 bridgehead atoms. The van der Waals surface area contributed by atoms with Gasteiger partial charge in [-0.05, 0) is 44.9 Å². The molecule has 0 aromatic rings. The summed E-state index contributed by atoms with van der Waals surface area (Å²) >= 11 is 0. The van der Waals surface area contributed by atoms with Crippen LogP contribution in [0.2, 0.25) is 0 Å². The molecule has 58 heavy (non-hydrogen) atoms. The van der Waals surface area contributed by atoms with Crippen LogP contribution in [0.5, 0.6) is 0 Å². The van der Waals surface area contributed by atoms with E-state index in [9.17, 15) is 24.2 Å². The molecule has 0 aliphatic rings. The van der Waals surface area contributed by atoms with Crippen LogP contribution in [0.1, 0.15) is 226 Å². The molecule has 11 heteroatoms. The molecule has 0 saturated heterocycles. The molecule has 10 nitrogen and oxygen atoms in total. The van der Waals surface area contributed by atoms with E-state index in [0.29, 0.717) is 12.8 Å². The number of allylic oxidation sites excluding steroid dienone is 4. The highest BCUT2D eigenvalue weighted by Gasteiger charge is 2.27. The van der Waals surface area contributed by atoms with Gasteiger partial charge in [0.15, 0.2) is 6.10 Å². The van der Waals surface area contributed by atoms with E-state index in [1.807, 2.05) is 0 Å². The number of hydrogen-bond acceptors (Lipinski definition) is 9. The normalized spacial score (nSPS) is 13.9. The summed E-state index contributed by atoms with van der Waals surface area (Å²) < 4.78 is 32.8. The predicted molar refractivity (Wildman–Crippen MR) is 238 cm³/mol. The molecular formula is C47H89O10P. The summed E-state index contributed by atoms with van der Waals surface area (Å²) in [5.74, 6) is -0.918. The molecule has 0 spiro atoms. The van der Waals surface area contributed by atoms with Crippen molar-refractivity contribution in [2.45, 2.75) is 238 Å². The third-order valence-corrected chi connectivity index (χ3v) is 11.3. The Bertz CT molecular complexity index is 1020. The van der Waals surface area contributed by atoms with Crippen LogP contribution >= 0.6 is 7.82 Å². The topological polar surface area (TPSA) is 149 Å². The lowest BCUT2D eigenvalue weighted by Gasteiger charge is -2.20. The van der Waals surface area contributed by atoms with E-state index in [1.165, 1.54) is 135 Å². The van der Waals surface area contributed by atoms with Gasteiger partial charge in [-0.3, -0.25) is 18.6 Å². The molecule has 0 saturated carbocycles. The van der Waals surface area contributed by atoms with Gasteiger partial charge in [0.1, 0.15) is 12.7 Å². The summed E-state index contributed by atoms with van der Waals surface area (Å²) in [5, 5.41) is 18.4. The third-order valence-electron chi connectivity index (χ3n) is 10.4. The Morgan fingerprint density at radius 1 is 0.517 bits per heavy atom. The quantitative estimate of drug-likeness (QED) is 0.0234. The van der Waals surface area contributed by atoms with Crippen LogP contribution in [0.4, 0.5) is 0 Å². The van der Waals surface area contributed by atoms with Gasteiger partial charge >= 0.3 is 19.8 Å². The van der Waals surface area contributed by atoms with Gasteiger partial charge in [0.2, 0.25) is 0 Å². The maximum absolute atomic E-state index is 12.6. The lowest BCUT2D eigenvalue weighted by molar-refractivity contribution is -0.161. The fourth-order valence-corrected chi connectivity index (χ4v) is 7.46. The van der Waals surface area contributed by atoms with Crippen molar-refractivity contribution in [3.63, 3.8) is 0 Å². The molecule has 0 rings (SSSR count). The highest BCUT2D eigenvalue weighted by Crippen LogP contribution is 2.43. The average Bonchev–Trinajstić information content (AvgIpc) is 3.21. The smallest absolute Gasteiger partial charge is 0.462 e. The van der Waals surface area contributed by atoms with Gasteiger partial charge in [0.05, 0.1) is 19.8 Å². The molecule has 0 aromatic carbocycles. The summed E-state index contributed by atoms with van der Waals surface area (Å²) in [6.45, 7) is 2.39. The monoisotopic (exact) mass is 845 g/mol. The number of ether oxygens (including phenoxy) is 2. The second-order valence-electron chi connectivity index (χ2n) is 16.1. The van der Waals surface area contributed by atoms with Gasteiger partial charge in [0, 0.05) is 12.8 Å². The summed E-state index contributed by atoms with van der Waals surface area (Å²) in [5.41, 5.74) is 0. The molecule has 0 fully saturated rings. The summed E-state index contributed by atoms with van der Waals surface area (Å²) in [6.07, 6.45) is 44.2. The fraction of sp³-hybridized carbons (Fsp3) is 0.872. The number of aliphatic hydroxyl groups excluding tert-OH is 2. The molecule has 342 valence electrons. The van der Waals surface area contributed by atoms with Crippen LogP contribution in [-0.2, 0) is 32.7 Å². The molecule has 3 unspecified atom stereocenters. The first-order valence-corrected chi connectivity index (χ1v) is 25.3. The Kier molecular flexibility index (Phi) is 42.4. The van der Waals surface area contributed by atoms with E-state index in [4.69, 9.17) is 23.6 Å². The van der Waals surface area contributed by atoms with Gasteiger partial charge in [-0.15, -0.1) is 0 Å². The third kappa shape index (κ3) is 42.6. The van der Waals surface area contributed by atoms with Gasteiger partial charge in [-0.1, -0.05) is 192 Å². The van der Waals surface area contributed by atoms with E-state index in [0.717, 1.165) is 51.4 Å². The van der Waals surface area contributed by atoms with Crippen molar-refractivity contribution in [1.82, 2.24) is 0 Å². The van der Waals surface area contributed by atoms with Crippen molar-refractivity contribution >= 4 is 19.8 Å². The van der Waals surface area contributed by atoms with E-state index in [2.05, 4.69) is 38.2 Å². The number of carbonyl (C=O) groups excluding carboxylic acids is 2. The first-order chi connectivity index (χ1) is 28.2. The van der Waals surface area contributed by atoms with Crippen molar-refractivity contribution in [2.75, 3.05) is 26.4 Å². The molecular weight excluding hydrogens is 755 g/mol. The van der Waals surface area contributed by atoms with Gasteiger partial charge in [-0.25, -0.2) is 4.57 Å². The van der Waals surface area contributed by atoms with Crippen LogP contribution in [-0.4, -0.2) is 65.7 Å². The number of rotatable bonds is 45. The van der Waals surface area contributed by atoms with Crippen LogP contribution in [0.15, 0.2) is 24.3 Å². The zero-order valence-electron chi connectivity index (χ0n) is 37.3. The lowest BCUT2D eigenvalue weighted by Crippen LogP contribution is -2.29. The molecule has 0 radical (unpaired) electrons. The molecule has 3 N–H and O–H groups in total. The maximum atomic E-state index is 12.6. The molecule has 0 amide bonds. The Balaban J connectivity index is 4.22. The Labute approximate surface area is 355 Å². The standard InChI is InChI=1S/C47H89O10P/c1-3-5-7-9-11-13-15-17-19-21-22-23-25-27-29-31-33-35-37-39-47(51)57-45(43-56-58(52,53)55-41-44(49)40-48)42-54-46(50)38-36-34-32-30-28-26-24-20-18-16-14-12-10-8-6-4-2/h11,13,17,19,44-45,48-49H,3-10,12,14-16,18,20-43H2,1-2H3,(H,52,53)/b13-11-,19-17-. The Morgan fingerprint density at radius 2 is 0.897 bits per heavy atom. The van der Waals surface area contributed by atoms with E-state index in [-0.39, 0.29) is 19.4 Å². The molecule has 0 aliphatic carbocycles. The Hall–Kier alpha value is -1.55. The van der Waals surface area contributed by atoms with Crippen LogP contribution in [0.3, 0.4) is 0 Å². The minimum atomic E-state index is -4.62. The second-order valence-corrected chi connectivity index (χ2v) is 17.6. The van der Waals surface area contributed by atoms with Crippen LogP contribution < -0.4 is 0 Å². The molecule has 0 aliphatic heterocycles. The number of phosphoric acid groups is 1. The van der Waals surface area contributed by atoms with Crippen LogP contribution in [0.25, 0.3) is 0 Å². The summed E-state index contributed by atoms with van der Waals surface area (Å²) in [7, 11) is -4.62. The number of unbranched alkanes of at least 4 members (excludes halogenated alkanes) is 27. The number of carbonyl (C=O) groups is 2. The van der Waals surface area contributed by atoms with Crippen molar-refractivity contribution in [3.05, 3.63) is 24.3 Å². The van der Waals surface area contributed by atoms with Crippen molar-refractivity contribution in [3.8, 4) is 0 Å². The summed E-state index contributed by atoms with van der Waals surface area (Å²) in [4.78, 5) is 35.1. The minimum Gasteiger partial charge on any atom is -0.462 e. The zero-order chi connectivity index (χ0) is 42.6. The van der Waals surface area contributed by atoms with Crippen LogP contribution in [0, 0.1) is 0 Å². The first kappa shape index (κ1) is 56.5. The number of hydrogen-bond donors (Lipinski definition) is 3. The van der Waals surface area contributed by atoms with E-state index < -0.39 is 51.8 Å². The predicted octanol–water partition coefficient (Wildman–Crippen LogP) is 13.0. The number of phosphoric ester groups is 1. The summed E-state index contributed by atoms with van der Waals surface area (Å²) in [6, 6.07) is 0.